The van der Waals surface area contributed by atoms with Crippen molar-refractivity contribution in [2.24, 2.45) is 0 Å². The summed E-state index contributed by atoms with van der Waals surface area (Å²) in [5, 5.41) is 21.7. The molecule has 1 amide bonds. The highest BCUT2D eigenvalue weighted by atomic mass is 16.3. The van der Waals surface area contributed by atoms with Crippen molar-refractivity contribution in [2.45, 2.75) is 71.8 Å². The van der Waals surface area contributed by atoms with Crippen LogP contribution in [0.2, 0.25) is 0 Å². The first kappa shape index (κ1) is 18.4. The van der Waals surface area contributed by atoms with E-state index in [1.165, 1.54) is 24.2 Å². The number of amides is 1. The molecule has 5 heteroatoms. The van der Waals surface area contributed by atoms with Crippen LogP contribution in [0.25, 0.3) is 0 Å². The molecule has 5 nitrogen and oxygen atoms in total. The van der Waals surface area contributed by atoms with Crippen LogP contribution >= 0.6 is 0 Å². The lowest BCUT2D eigenvalue weighted by atomic mass is 10.1. The maximum absolute atomic E-state index is 11.5. The molecule has 0 aliphatic heterocycles. The van der Waals surface area contributed by atoms with E-state index in [0.29, 0.717) is 19.5 Å². The minimum absolute atomic E-state index is 0.0487. The van der Waals surface area contributed by atoms with Crippen LogP contribution in [0.5, 0.6) is 0 Å². The summed E-state index contributed by atoms with van der Waals surface area (Å²) in [6.45, 7) is 6.26. The Bertz CT molecular complexity index is 225. The van der Waals surface area contributed by atoms with E-state index in [1.807, 2.05) is 0 Å². The summed E-state index contributed by atoms with van der Waals surface area (Å²) in [6.07, 6.45) is 4.81. The van der Waals surface area contributed by atoms with Crippen LogP contribution in [0.1, 0.15) is 59.3 Å². The first-order valence-corrected chi connectivity index (χ1v) is 7.37. The Morgan fingerprint density at radius 3 is 2.21 bits per heavy atom. The van der Waals surface area contributed by atoms with Gasteiger partial charge in [0.05, 0.1) is 0 Å². The Balaban J connectivity index is 3.61. The fourth-order valence-electron chi connectivity index (χ4n) is 1.99. The maximum atomic E-state index is 11.5. The first-order chi connectivity index (χ1) is 8.99. The van der Waals surface area contributed by atoms with Crippen molar-refractivity contribution in [1.29, 1.82) is 0 Å². The summed E-state index contributed by atoms with van der Waals surface area (Å²) in [7, 11) is 0. The molecule has 2 atom stereocenters. The Kier molecular flexibility index (Phi) is 10.8. The molecule has 19 heavy (non-hydrogen) atoms. The van der Waals surface area contributed by atoms with Crippen molar-refractivity contribution in [3.05, 3.63) is 0 Å². The van der Waals surface area contributed by atoms with Crippen molar-refractivity contribution in [3.63, 3.8) is 0 Å². The van der Waals surface area contributed by atoms with E-state index in [0.717, 1.165) is 12.8 Å². The highest BCUT2D eigenvalue weighted by Gasteiger charge is 2.15. The number of nitrogens with zero attached hydrogens (tertiary/aromatic N) is 1. The standard InChI is InChI=1S/C14H30N2O3/c1-4-5-6-7-8-9-14(19)15-10-11-16(12(2)17)13(3)18/h12-13,17-18H,4-11H2,1-3H3,(H,15,19). The predicted molar refractivity (Wildman–Crippen MR) is 76.5 cm³/mol. The third-order valence-electron chi connectivity index (χ3n) is 3.16. The van der Waals surface area contributed by atoms with Gasteiger partial charge in [-0.05, 0) is 20.3 Å². The monoisotopic (exact) mass is 274 g/mol. The molecule has 2 unspecified atom stereocenters. The Hall–Kier alpha value is -0.650. The predicted octanol–water partition coefficient (Wildman–Crippen LogP) is 1.44. The van der Waals surface area contributed by atoms with E-state index in [2.05, 4.69) is 12.2 Å². The van der Waals surface area contributed by atoms with E-state index >= 15 is 0 Å². The minimum Gasteiger partial charge on any atom is -0.379 e. The highest BCUT2D eigenvalue weighted by molar-refractivity contribution is 5.75. The van der Waals surface area contributed by atoms with Crippen LogP contribution in [-0.2, 0) is 4.79 Å². The van der Waals surface area contributed by atoms with E-state index in [9.17, 15) is 15.0 Å². The van der Waals surface area contributed by atoms with Crippen molar-refractivity contribution in [1.82, 2.24) is 10.2 Å². The number of hydrogen-bond donors (Lipinski definition) is 3. The molecule has 0 bridgehead atoms. The Labute approximate surface area is 117 Å². The lowest BCUT2D eigenvalue weighted by molar-refractivity contribution is -0.122. The molecule has 0 aromatic carbocycles. The lowest BCUT2D eigenvalue weighted by Gasteiger charge is -2.27. The molecule has 3 N–H and O–H groups in total. The summed E-state index contributed by atoms with van der Waals surface area (Å²) >= 11 is 0. The van der Waals surface area contributed by atoms with E-state index in [-0.39, 0.29) is 5.91 Å². The molecule has 0 spiro atoms. The van der Waals surface area contributed by atoms with Crippen LogP contribution < -0.4 is 5.32 Å². The number of hydrogen-bond acceptors (Lipinski definition) is 4. The van der Waals surface area contributed by atoms with Crippen LogP contribution in [-0.4, -0.2) is 46.6 Å². The fourth-order valence-corrected chi connectivity index (χ4v) is 1.99. The summed E-state index contributed by atoms with van der Waals surface area (Å²) in [5.74, 6) is 0.0487. The molecule has 114 valence electrons. The van der Waals surface area contributed by atoms with E-state index in [1.54, 1.807) is 13.8 Å². The zero-order valence-electron chi connectivity index (χ0n) is 12.6. The lowest BCUT2D eigenvalue weighted by Crippen LogP contribution is -2.44. The molecule has 0 aromatic heterocycles. The highest BCUT2D eigenvalue weighted by Crippen LogP contribution is 2.04. The summed E-state index contributed by atoms with van der Waals surface area (Å²) < 4.78 is 0. The second-order valence-corrected chi connectivity index (χ2v) is 5.02. The van der Waals surface area contributed by atoms with Crippen molar-refractivity contribution >= 4 is 5.91 Å². The van der Waals surface area contributed by atoms with Gasteiger partial charge in [-0.15, -0.1) is 0 Å². The zero-order valence-corrected chi connectivity index (χ0v) is 12.6. The number of unbranched alkanes of at least 4 members (excludes halogenated alkanes) is 4. The molecular formula is C14H30N2O3. The molecule has 0 aliphatic carbocycles. The van der Waals surface area contributed by atoms with Crippen molar-refractivity contribution in [3.8, 4) is 0 Å². The van der Waals surface area contributed by atoms with Gasteiger partial charge in [-0.3, -0.25) is 9.69 Å². The normalized spacial score (nSPS) is 14.4. The van der Waals surface area contributed by atoms with Crippen LogP contribution in [0.4, 0.5) is 0 Å². The summed E-state index contributed by atoms with van der Waals surface area (Å²) in [6, 6.07) is 0. The van der Waals surface area contributed by atoms with Gasteiger partial charge >= 0.3 is 0 Å². The largest absolute Gasteiger partial charge is 0.379 e. The van der Waals surface area contributed by atoms with Gasteiger partial charge in [-0.25, -0.2) is 0 Å². The second kappa shape index (κ2) is 11.2. The zero-order chi connectivity index (χ0) is 14.7. The minimum atomic E-state index is -0.717. The van der Waals surface area contributed by atoms with Gasteiger partial charge in [-0.2, -0.15) is 0 Å². The first-order valence-electron chi connectivity index (χ1n) is 7.37. The molecule has 0 radical (unpaired) electrons. The average Bonchev–Trinajstić information content (AvgIpc) is 2.33. The molecule has 0 saturated heterocycles. The van der Waals surface area contributed by atoms with Crippen LogP contribution in [0, 0.1) is 0 Å². The van der Waals surface area contributed by atoms with Gasteiger partial charge < -0.3 is 15.5 Å². The molecule has 0 fully saturated rings. The van der Waals surface area contributed by atoms with Gasteiger partial charge in [0.25, 0.3) is 0 Å². The fraction of sp³-hybridized carbons (Fsp3) is 0.929. The number of aliphatic hydroxyl groups is 2. The van der Waals surface area contributed by atoms with Crippen LogP contribution in [0.3, 0.4) is 0 Å². The summed E-state index contributed by atoms with van der Waals surface area (Å²) in [5.41, 5.74) is 0. The molecule has 0 heterocycles. The number of carbonyl (C=O) groups excluding carboxylic acids is 1. The smallest absolute Gasteiger partial charge is 0.220 e. The van der Waals surface area contributed by atoms with Gasteiger partial charge in [-0.1, -0.05) is 32.6 Å². The van der Waals surface area contributed by atoms with E-state index < -0.39 is 12.5 Å². The summed E-state index contributed by atoms with van der Waals surface area (Å²) in [4.78, 5) is 13.1. The number of nitrogens with one attached hydrogen (secondary N) is 1. The Morgan fingerprint density at radius 1 is 1.11 bits per heavy atom. The third kappa shape index (κ3) is 9.87. The van der Waals surface area contributed by atoms with Crippen molar-refractivity contribution in [2.75, 3.05) is 13.1 Å². The van der Waals surface area contributed by atoms with Gasteiger partial charge in [0, 0.05) is 19.5 Å². The Morgan fingerprint density at radius 2 is 1.68 bits per heavy atom. The maximum Gasteiger partial charge on any atom is 0.220 e. The molecule has 0 aromatic rings. The SMILES string of the molecule is CCCCCCCC(=O)NCCN(C(C)O)C(C)O. The molecule has 0 aliphatic rings. The molecular weight excluding hydrogens is 244 g/mol. The van der Waals surface area contributed by atoms with E-state index in [4.69, 9.17) is 0 Å². The average molecular weight is 274 g/mol. The number of rotatable bonds is 11. The second-order valence-electron chi connectivity index (χ2n) is 5.02. The molecule has 0 saturated carbocycles. The topological polar surface area (TPSA) is 72.8 Å². The number of aliphatic hydroxyl groups excluding tert-OH is 2. The molecule has 0 rings (SSSR count). The van der Waals surface area contributed by atoms with Crippen molar-refractivity contribution < 1.29 is 15.0 Å². The third-order valence-corrected chi connectivity index (χ3v) is 3.16. The van der Waals surface area contributed by atoms with Gasteiger partial charge in [0.15, 0.2) is 0 Å². The van der Waals surface area contributed by atoms with Crippen LogP contribution in [0.15, 0.2) is 0 Å². The number of carbonyl (C=O) groups is 1. The van der Waals surface area contributed by atoms with Gasteiger partial charge in [0.1, 0.15) is 12.5 Å². The van der Waals surface area contributed by atoms with Gasteiger partial charge in [0.2, 0.25) is 5.91 Å². The quantitative estimate of drug-likeness (QED) is 0.394.